The molecule has 1 aliphatic carbocycles. The molecule has 2 aromatic heterocycles. The van der Waals surface area contributed by atoms with Crippen molar-refractivity contribution < 1.29 is 14.6 Å². The number of aromatic nitrogens is 4. The third-order valence-electron chi connectivity index (χ3n) is 8.57. The second kappa shape index (κ2) is 10.6. The average Bonchev–Trinajstić information content (AvgIpc) is 3.76. The number of hydrogen-bond acceptors (Lipinski definition) is 6. The van der Waals surface area contributed by atoms with E-state index in [1.807, 2.05) is 53.4 Å². The predicted octanol–water partition coefficient (Wildman–Crippen LogP) is 6.04. The van der Waals surface area contributed by atoms with Gasteiger partial charge in [-0.25, -0.2) is 4.98 Å². The Kier molecular flexibility index (Phi) is 6.59. The van der Waals surface area contributed by atoms with E-state index < -0.39 is 0 Å². The third kappa shape index (κ3) is 4.70. The maximum atomic E-state index is 13.1. The molecule has 2 fully saturated rings. The summed E-state index contributed by atoms with van der Waals surface area (Å²) in [6.07, 6.45) is 5.07. The zero-order chi connectivity index (χ0) is 27.9. The summed E-state index contributed by atoms with van der Waals surface area (Å²) in [5.74, 6) is 2.24. The Morgan fingerprint density at radius 2 is 1.83 bits per heavy atom. The van der Waals surface area contributed by atoms with Crippen LogP contribution < -0.4 is 10.1 Å². The highest BCUT2D eigenvalue weighted by Gasteiger charge is 2.27. The van der Waals surface area contributed by atoms with Crippen molar-refractivity contribution in [1.82, 2.24) is 24.6 Å². The average molecular weight is 551 g/mol. The standard InChI is InChI=1S/C32H34N6O3/c1-41-29-7-3-2-6-24(29)20-8-14-26-25(18-20)30(36-35-26)34-32-33-27-19-21(31(40)37-16-4-5-17-37)9-15-28(27)38(32)22-10-12-23(39)13-11-22/h2-3,6-9,14-15,18-19,22-23,39H,4-5,10-13,16-17H2,1H3,(H2,33,34,35,36). The molecule has 0 atom stereocenters. The summed E-state index contributed by atoms with van der Waals surface area (Å²) < 4.78 is 7.84. The van der Waals surface area contributed by atoms with Crippen molar-refractivity contribution in [2.24, 2.45) is 0 Å². The van der Waals surface area contributed by atoms with Crippen molar-refractivity contribution in [1.29, 1.82) is 0 Å². The Hall–Kier alpha value is -4.37. The zero-order valence-corrected chi connectivity index (χ0v) is 23.1. The molecular weight excluding hydrogens is 516 g/mol. The quantitative estimate of drug-likeness (QED) is 0.238. The van der Waals surface area contributed by atoms with E-state index in [1.165, 1.54) is 0 Å². The van der Waals surface area contributed by atoms with Gasteiger partial charge in [-0.3, -0.25) is 9.89 Å². The first-order chi connectivity index (χ1) is 20.1. The summed E-state index contributed by atoms with van der Waals surface area (Å²) >= 11 is 0. The fourth-order valence-corrected chi connectivity index (χ4v) is 6.37. The van der Waals surface area contributed by atoms with Crippen LogP contribution in [0.15, 0.2) is 60.7 Å². The van der Waals surface area contributed by atoms with Crippen molar-refractivity contribution in [2.75, 3.05) is 25.5 Å². The van der Waals surface area contributed by atoms with Crippen molar-refractivity contribution >= 4 is 39.6 Å². The molecule has 2 aliphatic rings. The van der Waals surface area contributed by atoms with Crippen molar-refractivity contribution in [2.45, 2.75) is 50.7 Å². The lowest BCUT2D eigenvalue weighted by Crippen LogP contribution is -2.27. The van der Waals surface area contributed by atoms with Crippen molar-refractivity contribution in [3.05, 3.63) is 66.2 Å². The molecule has 9 nitrogen and oxygen atoms in total. The smallest absolute Gasteiger partial charge is 0.253 e. The number of anilines is 2. The number of hydrogen-bond donors (Lipinski definition) is 3. The normalized spacial score (nSPS) is 19.2. The summed E-state index contributed by atoms with van der Waals surface area (Å²) in [5.41, 5.74) is 5.36. The number of imidazole rings is 1. The van der Waals surface area contributed by atoms with Crippen LogP contribution in [-0.2, 0) is 0 Å². The SMILES string of the molecule is COc1ccccc1-c1ccc2[nH]nc(Nc3nc4cc(C(=O)N5CCCC5)ccc4n3C3CCC(O)CC3)c2c1. The van der Waals surface area contributed by atoms with E-state index in [-0.39, 0.29) is 18.1 Å². The fraction of sp³-hybridized carbons (Fsp3) is 0.344. The molecule has 41 heavy (non-hydrogen) atoms. The molecule has 1 saturated carbocycles. The van der Waals surface area contributed by atoms with Crippen LogP contribution in [0.1, 0.15) is 54.9 Å². The van der Waals surface area contributed by atoms with Crippen LogP contribution in [0.3, 0.4) is 0 Å². The van der Waals surface area contributed by atoms with E-state index in [0.717, 1.165) is 90.4 Å². The minimum absolute atomic E-state index is 0.0661. The van der Waals surface area contributed by atoms with E-state index in [1.54, 1.807) is 7.11 Å². The number of benzene rings is 3. The Morgan fingerprint density at radius 1 is 1.02 bits per heavy atom. The molecule has 3 aromatic carbocycles. The van der Waals surface area contributed by atoms with Crippen LogP contribution in [0.5, 0.6) is 5.75 Å². The van der Waals surface area contributed by atoms with E-state index in [2.05, 4.69) is 32.2 Å². The van der Waals surface area contributed by atoms with Gasteiger partial charge in [0, 0.05) is 35.6 Å². The van der Waals surface area contributed by atoms with Gasteiger partial charge in [0.15, 0.2) is 5.82 Å². The topological polar surface area (TPSA) is 108 Å². The van der Waals surface area contributed by atoms with Gasteiger partial charge in [-0.05, 0) is 80.5 Å². The van der Waals surface area contributed by atoms with E-state index in [4.69, 9.17) is 9.72 Å². The first kappa shape index (κ1) is 25.6. The van der Waals surface area contributed by atoms with E-state index >= 15 is 0 Å². The minimum atomic E-state index is -0.259. The van der Waals surface area contributed by atoms with Crippen LogP contribution in [0.2, 0.25) is 0 Å². The molecule has 5 aromatic rings. The van der Waals surface area contributed by atoms with Gasteiger partial charge in [0.25, 0.3) is 5.91 Å². The highest BCUT2D eigenvalue weighted by atomic mass is 16.5. The highest BCUT2D eigenvalue weighted by molar-refractivity contribution is 5.99. The Morgan fingerprint density at radius 3 is 2.63 bits per heavy atom. The Balaban J connectivity index is 1.29. The summed E-state index contributed by atoms with van der Waals surface area (Å²) in [5, 5.41) is 22.4. The zero-order valence-electron chi connectivity index (χ0n) is 23.1. The molecule has 0 spiro atoms. The van der Waals surface area contributed by atoms with Gasteiger partial charge in [0.2, 0.25) is 5.95 Å². The number of aliphatic hydroxyl groups excluding tert-OH is 1. The number of aliphatic hydroxyl groups is 1. The number of amides is 1. The van der Waals surface area contributed by atoms with E-state index in [9.17, 15) is 9.90 Å². The first-order valence-electron chi connectivity index (χ1n) is 14.5. The van der Waals surface area contributed by atoms with Gasteiger partial charge in [0.1, 0.15) is 5.75 Å². The number of carbonyl (C=O) groups is 1. The molecule has 3 heterocycles. The number of ether oxygens (including phenoxy) is 1. The second-order valence-electron chi connectivity index (χ2n) is 11.1. The first-order valence-corrected chi connectivity index (χ1v) is 14.5. The Labute approximate surface area is 238 Å². The monoisotopic (exact) mass is 550 g/mol. The molecule has 1 amide bonds. The van der Waals surface area contributed by atoms with Crippen LogP contribution in [0.4, 0.5) is 11.8 Å². The number of aromatic amines is 1. The number of nitrogens with one attached hydrogen (secondary N) is 2. The number of methoxy groups -OCH3 is 1. The van der Waals surface area contributed by atoms with Crippen LogP contribution >= 0.6 is 0 Å². The molecule has 0 bridgehead atoms. The molecule has 0 radical (unpaired) electrons. The van der Waals surface area contributed by atoms with E-state index in [0.29, 0.717) is 17.3 Å². The molecule has 1 saturated heterocycles. The maximum Gasteiger partial charge on any atom is 0.253 e. The summed E-state index contributed by atoms with van der Waals surface area (Å²) in [6.45, 7) is 1.62. The van der Waals surface area contributed by atoms with Crippen molar-refractivity contribution in [3.8, 4) is 16.9 Å². The number of fused-ring (bicyclic) bond motifs is 2. The molecule has 9 heteroatoms. The second-order valence-corrected chi connectivity index (χ2v) is 11.1. The summed E-state index contributed by atoms with van der Waals surface area (Å²) in [4.78, 5) is 20.1. The fourth-order valence-electron chi connectivity index (χ4n) is 6.37. The van der Waals surface area contributed by atoms with Crippen LogP contribution in [-0.4, -0.2) is 62.0 Å². The molecule has 1 aliphatic heterocycles. The molecule has 3 N–H and O–H groups in total. The molecular formula is C32H34N6O3. The number of nitrogens with zero attached hydrogens (tertiary/aromatic N) is 4. The summed E-state index contributed by atoms with van der Waals surface area (Å²) in [6, 6.07) is 20.2. The van der Waals surface area contributed by atoms with Gasteiger partial charge in [0.05, 0.1) is 29.8 Å². The lowest BCUT2D eigenvalue weighted by Gasteiger charge is -2.28. The van der Waals surface area contributed by atoms with Gasteiger partial charge >= 0.3 is 0 Å². The lowest BCUT2D eigenvalue weighted by atomic mass is 9.93. The largest absolute Gasteiger partial charge is 0.496 e. The molecule has 210 valence electrons. The third-order valence-corrected chi connectivity index (χ3v) is 8.57. The predicted molar refractivity (Wildman–Crippen MR) is 160 cm³/mol. The van der Waals surface area contributed by atoms with Crippen LogP contribution in [0.25, 0.3) is 33.1 Å². The highest BCUT2D eigenvalue weighted by Crippen LogP contribution is 2.38. The number of H-pyrrole nitrogens is 1. The molecule has 0 unspecified atom stereocenters. The van der Waals surface area contributed by atoms with Gasteiger partial charge in [-0.2, -0.15) is 5.10 Å². The number of rotatable bonds is 6. The molecule has 7 rings (SSSR count). The Bertz CT molecular complexity index is 1730. The lowest BCUT2D eigenvalue weighted by molar-refractivity contribution is 0.0793. The number of likely N-dealkylation sites (tertiary alicyclic amines) is 1. The van der Waals surface area contributed by atoms with Crippen molar-refractivity contribution in [3.63, 3.8) is 0 Å². The van der Waals surface area contributed by atoms with Gasteiger partial charge in [-0.15, -0.1) is 0 Å². The number of carbonyl (C=O) groups excluding carboxylic acids is 1. The van der Waals surface area contributed by atoms with Crippen LogP contribution in [0, 0.1) is 0 Å². The summed E-state index contributed by atoms with van der Waals surface area (Å²) in [7, 11) is 1.68. The minimum Gasteiger partial charge on any atom is -0.496 e. The van der Waals surface area contributed by atoms with Gasteiger partial charge in [-0.1, -0.05) is 24.3 Å². The number of para-hydroxylation sites is 1. The van der Waals surface area contributed by atoms with Gasteiger partial charge < -0.3 is 24.6 Å². The maximum absolute atomic E-state index is 13.1.